The fourth-order valence-corrected chi connectivity index (χ4v) is 3.68. The topological polar surface area (TPSA) is 67.8 Å². The second kappa shape index (κ2) is 6.87. The summed E-state index contributed by atoms with van der Waals surface area (Å²) in [4.78, 5) is 31.4. The van der Waals surface area contributed by atoms with Crippen LogP contribution in [-0.4, -0.2) is 14.5 Å². The third-order valence-electron chi connectivity index (χ3n) is 4.06. The molecular weight excluding hydrogens is 384 g/mol. The number of hydrogen-bond donors (Lipinski definition) is 1. The highest BCUT2D eigenvalue weighted by Gasteiger charge is 2.19. The van der Waals surface area contributed by atoms with Crippen LogP contribution in [0.1, 0.15) is 16.7 Å². The fraction of sp³-hybridized carbons (Fsp3) is 0.0500. The molecule has 0 saturated heterocycles. The molecule has 0 bridgehead atoms. The number of aromatic amines is 1. The van der Waals surface area contributed by atoms with Crippen molar-refractivity contribution >= 4 is 21.6 Å². The predicted octanol–water partition coefficient (Wildman–Crippen LogP) is 3.12. The Kier molecular flexibility index (Phi) is 4.37. The van der Waals surface area contributed by atoms with E-state index < -0.39 is 28.6 Å². The quantitative estimate of drug-likeness (QED) is 0.504. The van der Waals surface area contributed by atoms with E-state index in [-0.39, 0.29) is 10.3 Å². The van der Waals surface area contributed by atoms with E-state index in [1.807, 2.05) is 0 Å². The molecule has 0 atom stereocenters. The number of rotatable bonds is 1. The number of thiophene rings is 1. The molecule has 3 heterocycles. The van der Waals surface area contributed by atoms with Gasteiger partial charge in [0.1, 0.15) is 10.4 Å². The van der Waals surface area contributed by atoms with Gasteiger partial charge in [0.25, 0.3) is 5.56 Å². The summed E-state index contributed by atoms with van der Waals surface area (Å²) in [5.41, 5.74) is -0.681. The lowest BCUT2D eigenvalue weighted by molar-refractivity contribution is 0.562. The van der Waals surface area contributed by atoms with Crippen molar-refractivity contribution in [2.75, 3.05) is 0 Å². The molecule has 1 aromatic carbocycles. The number of H-pyrrole nitrogens is 1. The van der Waals surface area contributed by atoms with Gasteiger partial charge in [-0.1, -0.05) is 11.8 Å². The van der Waals surface area contributed by atoms with Crippen molar-refractivity contribution in [3.05, 3.63) is 91.2 Å². The van der Waals surface area contributed by atoms with Gasteiger partial charge in [0, 0.05) is 23.5 Å². The Hall–Kier alpha value is -3.57. The van der Waals surface area contributed by atoms with Crippen LogP contribution in [0.2, 0.25) is 0 Å². The minimum Gasteiger partial charge on any atom is -0.305 e. The first kappa shape index (κ1) is 17.8. The molecule has 138 valence electrons. The second-order valence-corrected chi connectivity index (χ2v) is 6.85. The molecule has 8 heteroatoms. The van der Waals surface area contributed by atoms with E-state index in [0.29, 0.717) is 21.2 Å². The predicted molar refractivity (Wildman–Crippen MR) is 103 cm³/mol. The van der Waals surface area contributed by atoms with E-state index in [4.69, 9.17) is 0 Å². The van der Waals surface area contributed by atoms with Crippen LogP contribution >= 0.6 is 11.3 Å². The zero-order valence-electron chi connectivity index (χ0n) is 14.4. The highest BCUT2D eigenvalue weighted by atomic mass is 32.1. The Morgan fingerprint density at radius 2 is 1.86 bits per heavy atom. The van der Waals surface area contributed by atoms with Gasteiger partial charge in [-0.05, 0) is 42.1 Å². The molecule has 3 aromatic heterocycles. The number of nitrogens with zero attached hydrogens (tertiary/aromatic N) is 2. The number of nitrogens with one attached hydrogen (secondary N) is 1. The molecule has 0 fully saturated rings. The van der Waals surface area contributed by atoms with Crippen LogP contribution in [0.15, 0.2) is 51.6 Å². The monoisotopic (exact) mass is 395 g/mol. The molecule has 0 aliphatic heterocycles. The maximum absolute atomic E-state index is 14.7. The Bertz CT molecular complexity index is 1370. The average Bonchev–Trinajstić information content (AvgIpc) is 3.04. The van der Waals surface area contributed by atoms with E-state index >= 15 is 0 Å². The van der Waals surface area contributed by atoms with Gasteiger partial charge in [-0.2, -0.15) is 0 Å². The number of fused-ring (bicyclic) bond motifs is 1. The number of hydrogen-bond acceptors (Lipinski definition) is 4. The van der Waals surface area contributed by atoms with Crippen LogP contribution in [-0.2, 0) is 0 Å². The molecule has 0 amide bonds. The SMILES string of the molecule is Cc1csc2c(=O)n(-c3c(F)cc(C#Cc4cccnc4)cc3F)c(=O)[nH]c12. The summed E-state index contributed by atoms with van der Waals surface area (Å²) in [7, 11) is 0. The zero-order valence-corrected chi connectivity index (χ0v) is 15.2. The van der Waals surface area contributed by atoms with E-state index in [0.717, 1.165) is 23.5 Å². The van der Waals surface area contributed by atoms with Gasteiger partial charge in [0.05, 0.1) is 5.52 Å². The van der Waals surface area contributed by atoms with Crippen LogP contribution in [0.4, 0.5) is 8.78 Å². The maximum atomic E-state index is 14.7. The van der Waals surface area contributed by atoms with Gasteiger partial charge < -0.3 is 4.98 Å². The first-order valence-electron chi connectivity index (χ1n) is 8.10. The molecule has 5 nitrogen and oxygen atoms in total. The van der Waals surface area contributed by atoms with Crippen molar-refractivity contribution in [1.82, 2.24) is 14.5 Å². The number of benzene rings is 1. The van der Waals surface area contributed by atoms with Crippen molar-refractivity contribution in [3.8, 4) is 17.5 Å². The molecule has 1 N–H and O–H groups in total. The van der Waals surface area contributed by atoms with E-state index in [9.17, 15) is 18.4 Å². The molecule has 4 rings (SSSR count). The Morgan fingerprint density at radius 1 is 1.14 bits per heavy atom. The highest BCUT2D eigenvalue weighted by Crippen LogP contribution is 2.21. The van der Waals surface area contributed by atoms with E-state index in [1.54, 1.807) is 30.6 Å². The van der Waals surface area contributed by atoms with Gasteiger partial charge >= 0.3 is 5.69 Å². The summed E-state index contributed by atoms with van der Waals surface area (Å²) in [5.74, 6) is 3.27. The molecule has 0 saturated carbocycles. The molecule has 28 heavy (non-hydrogen) atoms. The van der Waals surface area contributed by atoms with Gasteiger partial charge in [-0.15, -0.1) is 11.3 Å². The first-order valence-corrected chi connectivity index (χ1v) is 8.98. The number of aryl methyl sites for hydroxylation is 1. The largest absolute Gasteiger partial charge is 0.333 e. The minimum atomic E-state index is -1.06. The van der Waals surface area contributed by atoms with Crippen molar-refractivity contribution in [2.45, 2.75) is 6.92 Å². The van der Waals surface area contributed by atoms with Crippen LogP contribution in [0.3, 0.4) is 0 Å². The lowest BCUT2D eigenvalue weighted by Gasteiger charge is -2.08. The van der Waals surface area contributed by atoms with Crippen molar-refractivity contribution in [1.29, 1.82) is 0 Å². The molecular formula is C20H11F2N3O2S. The molecule has 0 radical (unpaired) electrons. The molecule has 0 unspecified atom stereocenters. The molecule has 0 aliphatic rings. The number of aromatic nitrogens is 3. The van der Waals surface area contributed by atoms with Crippen molar-refractivity contribution in [3.63, 3.8) is 0 Å². The standard InChI is InChI=1S/C20H11F2N3O2S/c1-11-10-28-18-16(11)24-20(27)25(19(18)26)17-14(21)7-13(8-15(17)22)5-4-12-3-2-6-23-9-12/h2-3,6-10H,1H3,(H,24,27). The van der Waals surface area contributed by atoms with E-state index in [2.05, 4.69) is 21.8 Å². The lowest BCUT2D eigenvalue weighted by Crippen LogP contribution is -2.34. The van der Waals surface area contributed by atoms with Gasteiger partial charge in [-0.3, -0.25) is 9.78 Å². The molecule has 0 aliphatic carbocycles. The van der Waals surface area contributed by atoms with Crippen LogP contribution < -0.4 is 11.2 Å². The number of pyridine rings is 1. The van der Waals surface area contributed by atoms with Crippen molar-refractivity contribution in [2.24, 2.45) is 0 Å². The Morgan fingerprint density at radius 3 is 2.54 bits per heavy atom. The fourth-order valence-electron chi connectivity index (χ4n) is 2.75. The van der Waals surface area contributed by atoms with Gasteiger partial charge in [-0.25, -0.2) is 18.1 Å². The van der Waals surface area contributed by atoms with Crippen LogP contribution in [0.25, 0.3) is 15.9 Å². The third-order valence-corrected chi connectivity index (χ3v) is 5.15. The maximum Gasteiger partial charge on any atom is 0.333 e. The average molecular weight is 395 g/mol. The molecule has 0 spiro atoms. The lowest BCUT2D eigenvalue weighted by atomic mass is 10.1. The van der Waals surface area contributed by atoms with Gasteiger partial charge in [0.2, 0.25) is 0 Å². The van der Waals surface area contributed by atoms with Crippen LogP contribution in [0.5, 0.6) is 0 Å². The second-order valence-electron chi connectivity index (χ2n) is 5.97. The minimum absolute atomic E-state index is 0.0696. The van der Waals surface area contributed by atoms with E-state index in [1.165, 1.54) is 6.20 Å². The smallest absolute Gasteiger partial charge is 0.305 e. The first-order chi connectivity index (χ1) is 13.5. The number of halogens is 2. The molecule has 4 aromatic rings. The van der Waals surface area contributed by atoms with Crippen LogP contribution in [0, 0.1) is 30.4 Å². The summed E-state index contributed by atoms with van der Waals surface area (Å²) in [6, 6.07) is 5.36. The summed E-state index contributed by atoms with van der Waals surface area (Å²) in [5, 5.41) is 1.69. The zero-order chi connectivity index (χ0) is 19.8. The summed E-state index contributed by atoms with van der Waals surface area (Å²) in [6.07, 6.45) is 3.10. The summed E-state index contributed by atoms with van der Waals surface area (Å²) in [6.45, 7) is 1.73. The third kappa shape index (κ3) is 3.02. The van der Waals surface area contributed by atoms with Gasteiger partial charge in [0.15, 0.2) is 11.6 Å². The normalized spacial score (nSPS) is 10.7. The summed E-state index contributed by atoms with van der Waals surface area (Å²) >= 11 is 1.10. The Labute approximate surface area is 160 Å². The van der Waals surface area contributed by atoms with Crippen molar-refractivity contribution < 1.29 is 8.78 Å². The Balaban J connectivity index is 1.87. The summed E-state index contributed by atoms with van der Waals surface area (Å²) < 4.78 is 30.0. The highest BCUT2D eigenvalue weighted by molar-refractivity contribution is 7.17.